The van der Waals surface area contributed by atoms with Gasteiger partial charge in [0.2, 0.25) is 10.1 Å². The van der Waals surface area contributed by atoms with E-state index in [0.29, 0.717) is 16.4 Å². The minimum absolute atomic E-state index is 0.248. The number of benzene rings is 1. The third kappa shape index (κ3) is 4.00. The van der Waals surface area contributed by atoms with E-state index in [2.05, 4.69) is 36.8 Å². The van der Waals surface area contributed by atoms with Crippen molar-refractivity contribution < 1.29 is 4.79 Å². The van der Waals surface area contributed by atoms with Crippen LogP contribution in [0.5, 0.6) is 0 Å². The van der Waals surface area contributed by atoms with Crippen LogP contribution in [0.25, 0.3) is 0 Å². The molecule has 108 valence electrons. The van der Waals surface area contributed by atoms with E-state index in [1.807, 2.05) is 13.0 Å². The highest BCUT2D eigenvalue weighted by atomic mass is 79.9. The molecule has 0 aliphatic carbocycles. The van der Waals surface area contributed by atoms with Crippen molar-refractivity contribution in [2.24, 2.45) is 0 Å². The van der Waals surface area contributed by atoms with Crippen molar-refractivity contribution in [3.05, 3.63) is 33.2 Å². The molecule has 0 saturated heterocycles. The average Bonchev–Trinajstić information content (AvgIpc) is 2.94. The van der Waals surface area contributed by atoms with Gasteiger partial charge in [0.05, 0.1) is 11.3 Å². The molecule has 1 amide bonds. The normalized spacial score (nSPS) is 9.95. The Bertz CT molecular complexity index is 694. The summed E-state index contributed by atoms with van der Waals surface area (Å²) in [6.07, 6.45) is 0.963. The van der Waals surface area contributed by atoms with Gasteiger partial charge in [0.25, 0.3) is 5.91 Å². The zero-order chi connectivity index (χ0) is 15.2. The summed E-state index contributed by atoms with van der Waals surface area (Å²) in [5, 5.41) is 23.4. The van der Waals surface area contributed by atoms with Crippen LogP contribution in [0.2, 0.25) is 0 Å². The minimum Gasteiger partial charge on any atom is -0.360 e. The second-order valence-corrected chi connectivity index (χ2v) is 5.99. The van der Waals surface area contributed by atoms with Gasteiger partial charge >= 0.3 is 0 Å². The van der Waals surface area contributed by atoms with Crippen molar-refractivity contribution in [2.45, 2.75) is 13.3 Å². The highest BCUT2D eigenvalue weighted by Crippen LogP contribution is 2.22. The van der Waals surface area contributed by atoms with Crippen LogP contribution < -0.4 is 10.6 Å². The number of anilines is 2. The molecular formula is C13H12BrN5OS. The number of nitriles is 1. The molecule has 2 rings (SSSR count). The predicted molar refractivity (Wildman–Crippen MR) is 85.5 cm³/mol. The molecule has 8 heteroatoms. The summed E-state index contributed by atoms with van der Waals surface area (Å²) < 4.78 is 0.777. The summed E-state index contributed by atoms with van der Waals surface area (Å²) in [5.74, 6) is -0.383. The summed E-state index contributed by atoms with van der Waals surface area (Å²) in [5.41, 5.74) is 0.829. The number of carbonyl (C=O) groups excluding carboxylic acids is 1. The third-order valence-corrected chi connectivity index (χ3v) is 3.87. The van der Waals surface area contributed by atoms with E-state index in [0.717, 1.165) is 17.4 Å². The Labute approximate surface area is 134 Å². The zero-order valence-corrected chi connectivity index (χ0v) is 13.6. The largest absolute Gasteiger partial charge is 0.360 e. The first kappa shape index (κ1) is 15.4. The van der Waals surface area contributed by atoms with E-state index >= 15 is 0 Å². The summed E-state index contributed by atoms with van der Waals surface area (Å²) in [7, 11) is 0. The molecule has 1 heterocycles. The van der Waals surface area contributed by atoms with Gasteiger partial charge in [-0.15, -0.1) is 10.2 Å². The number of hydrogen-bond donors (Lipinski definition) is 2. The van der Waals surface area contributed by atoms with Crippen molar-refractivity contribution in [3.63, 3.8) is 0 Å². The molecule has 21 heavy (non-hydrogen) atoms. The van der Waals surface area contributed by atoms with Gasteiger partial charge in [-0.25, -0.2) is 0 Å². The summed E-state index contributed by atoms with van der Waals surface area (Å²) in [4.78, 5) is 12.1. The van der Waals surface area contributed by atoms with Crippen molar-refractivity contribution in [1.29, 1.82) is 5.26 Å². The van der Waals surface area contributed by atoms with Crippen LogP contribution in [0.15, 0.2) is 22.7 Å². The SMILES string of the molecule is CCCNc1nnc(C(=O)Nc2cc(Br)ccc2C#N)s1. The third-order valence-electron chi connectivity index (χ3n) is 2.50. The molecule has 2 aromatic rings. The first-order valence-corrected chi connectivity index (χ1v) is 7.83. The van der Waals surface area contributed by atoms with Crippen molar-refractivity contribution in [3.8, 4) is 6.07 Å². The number of rotatable bonds is 5. The number of hydrogen-bond acceptors (Lipinski definition) is 6. The van der Waals surface area contributed by atoms with Crippen LogP contribution in [-0.2, 0) is 0 Å². The first-order chi connectivity index (χ1) is 10.1. The average molecular weight is 366 g/mol. The molecule has 2 N–H and O–H groups in total. The summed E-state index contributed by atoms with van der Waals surface area (Å²) in [6.45, 7) is 2.82. The lowest BCUT2D eigenvalue weighted by Crippen LogP contribution is -2.12. The molecule has 0 saturated carbocycles. The lowest BCUT2D eigenvalue weighted by Gasteiger charge is -2.05. The highest BCUT2D eigenvalue weighted by Gasteiger charge is 2.14. The second kappa shape index (κ2) is 7.15. The number of carbonyl (C=O) groups is 1. The topological polar surface area (TPSA) is 90.7 Å². The Hall–Kier alpha value is -1.98. The van der Waals surface area contributed by atoms with Gasteiger partial charge in [-0.05, 0) is 24.6 Å². The van der Waals surface area contributed by atoms with E-state index in [1.54, 1.807) is 18.2 Å². The minimum atomic E-state index is -0.383. The Kier molecular flexibility index (Phi) is 5.25. The second-order valence-electron chi connectivity index (χ2n) is 4.09. The van der Waals surface area contributed by atoms with Crippen LogP contribution in [0, 0.1) is 11.3 Å². The molecule has 0 radical (unpaired) electrons. The van der Waals surface area contributed by atoms with Crippen LogP contribution in [0.4, 0.5) is 10.8 Å². The van der Waals surface area contributed by atoms with E-state index in [1.165, 1.54) is 11.3 Å². The van der Waals surface area contributed by atoms with E-state index < -0.39 is 0 Å². The molecule has 1 aromatic carbocycles. The Morgan fingerprint density at radius 2 is 2.29 bits per heavy atom. The maximum absolute atomic E-state index is 12.1. The fraction of sp³-hybridized carbons (Fsp3) is 0.231. The van der Waals surface area contributed by atoms with E-state index in [4.69, 9.17) is 5.26 Å². The number of aromatic nitrogens is 2. The maximum atomic E-state index is 12.1. The van der Waals surface area contributed by atoms with Crippen LogP contribution in [0.1, 0.15) is 28.7 Å². The van der Waals surface area contributed by atoms with E-state index in [-0.39, 0.29) is 10.9 Å². The van der Waals surface area contributed by atoms with Crippen molar-refractivity contribution >= 4 is 44.0 Å². The molecule has 0 aliphatic heterocycles. The number of nitrogens with one attached hydrogen (secondary N) is 2. The van der Waals surface area contributed by atoms with Crippen LogP contribution in [0.3, 0.4) is 0 Å². The molecule has 0 atom stereocenters. The van der Waals surface area contributed by atoms with Gasteiger partial charge in [-0.3, -0.25) is 4.79 Å². The van der Waals surface area contributed by atoms with Gasteiger partial charge in [0.15, 0.2) is 0 Å². The van der Waals surface area contributed by atoms with Crippen molar-refractivity contribution in [2.75, 3.05) is 17.2 Å². The molecule has 6 nitrogen and oxygen atoms in total. The van der Waals surface area contributed by atoms with Crippen LogP contribution in [-0.4, -0.2) is 22.6 Å². The fourth-order valence-electron chi connectivity index (χ4n) is 1.51. The summed E-state index contributed by atoms with van der Waals surface area (Å²) in [6, 6.07) is 7.08. The van der Waals surface area contributed by atoms with Gasteiger partial charge in [-0.1, -0.05) is 34.2 Å². The van der Waals surface area contributed by atoms with Gasteiger partial charge in [0.1, 0.15) is 6.07 Å². The first-order valence-electron chi connectivity index (χ1n) is 6.22. The number of nitrogens with zero attached hydrogens (tertiary/aromatic N) is 3. The summed E-state index contributed by atoms with van der Waals surface area (Å²) >= 11 is 4.49. The monoisotopic (exact) mass is 365 g/mol. The van der Waals surface area contributed by atoms with Crippen molar-refractivity contribution in [1.82, 2.24) is 10.2 Å². The smallest absolute Gasteiger partial charge is 0.286 e. The quantitative estimate of drug-likeness (QED) is 0.848. The number of amides is 1. The van der Waals surface area contributed by atoms with Gasteiger partial charge in [-0.2, -0.15) is 5.26 Å². The van der Waals surface area contributed by atoms with E-state index in [9.17, 15) is 4.79 Å². The lowest BCUT2D eigenvalue weighted by atomic mass is 10.2. The fourth-order valence-corrected chi connectivity index (χ4v) is 2.54. The molecule has 0 unspecified atom stereocenters. The Balaban J connectivity index is 2.13. The van der Waals surface area contributed by atoms with Gasteiger partial charge in [0, 0.05) is 11.0 Å². The highest BCUT2D eigenvalue weighted by molar-refractivity contribution is 9.10. The van der Waals surface area contributed by atoms with Gasteiger partial charge < -0.3 is 10.6 Å². The standard InChI is InChI=1S/C13H12BrN5OS/c1-2-5-16-13-19-18-12(21-13)11(20)17-10-6-9(14)4-3-8(10)7-15/h3-4,6H,2,5H2,1H3,(H,16,19)(H,17,20). The maximum Gasteiger partial charge on any atom is 0.286 e. The molecule has 0 spiro atoms. The zero-order valence-electron chi connectivity index (χ0n) is 11.2. The molecular weight excluding hydrogens is 354 g/mol. The Morgan fingerprint density at radius 1 is 1.48 bits per heavy atom. The van der Waals surface area contributed by atoms with Crippen LogP contribution >= 0.6 is 27.3 Å². The predicted octanol–water partition coefficient (Wildman–Crippen LogP) is 3.25. The number of halogens is 1. The molecule has 0 bridgehead atoms. The molecule has 0 aliphatic rings. The Morgan fingerprint density at radius 3 is 3.00 bits per heavy atom. The lowest BCUT2D eigenvalue weighted by molar-refractivity contribution is 0.102. The molecule has 1 aromatic heterocycles. The molecule has 0 fully saturated rings.